The number of carbonyl (C=O) groups excluding carboxylic acids is 5. The van der Waals surface area contributed by atoms with Crippen LogP contribution in [0.4, 0.5) is 11.9 Å². The number of likely N-dealkylation sites (N-methyl/N-ethyl adjacent to an activating group) is 1. The average molecular weight is 989 g/mol. The number of carbonyl (C=O) groups is 5. The van der Waals surface area contributed by atoms with E-state index in [1.807, 2.05) is 37.9 Å². The first kappa shape index (κ1) is 50.9. The van der Waals surface area contributed by atoms with E-state index in [4.69, 9.17) is 25.9 Å². The molecular formula is C49H64N16O7. The average Bonchev–Trinajstić information content (AvgIpc) is 4.11. The third-order valence-electron chi connectivity index (χ3n) is 12.8. The van der Waals surface area contributed by atoms with E-state index in [1.54, 1.807) is 56.6 Å². The van der Waals surface area contributed by atoms with Gasteiger partial charge in [-0.15, -0.1) is 0 Å². The van der Waals surface area contributed by atoms with Gasteiger partial charge in [-0.25, -0.2) is 15.0 Å². The van der Waals surface area contributed by atoms with E-state index in [9.17, 15) is 24.0 Å². The Morgan fingerprint density at radius 3 is 2.01 bits per heavy atom. The number of primary amides is 2. The number of likely N-dealkylation sites (tertiary alicyclic amines) is 1. The first-order valence-electron chi connectivity index (χ1n) is 24.3. The Kier molecular flexibility index (Phi) is 15.2. The zero-order valence-electron chi connectivity index (χ0n) is 41.9. The van der Waals surface area contributed by atoms with Crippen molar-refractivity contribution in [2.75, 3.05) is 63.6 Å². The smallest absolute Gasteiger partial charge is 0.276 e. The zero-order valence-corrected chi connectivity index (χ0v) is 41.9. The standard InChI is InChI=1S/C49H64N16O7/c1-8-64-37(20-30(5)58-64)44(68)56-47-54-34-22-32(41(50)66)24-39(71-17-12-13-60-26-49(27-60)28-61(16-18-72-49)46(70)36(52-7)19-29(3)4)40(34)62(47)14-10-11-15-63-43-35(23-33(25-53-43)42(51)67)55-48(63)57-45(69)38-21-31(6)59-65(38)9-2/h10-11,20-25,29,36,52H,8-9,12-19,26-28H2,1-7H3,(H2,50,66)(H2,51,67)(H,54,56,68)(H,55,57,69)/b11-10+/t36-/m0/s1. The number of aryl methyl sites for hydroxylation is 4. The van der Waals surface area contributed by atoms with Crippen LogP contribution in [-0.4, -0.2) is 148 Å². The maximum absolute atomic E-state index is 13.9. The van der Waals surface area contributed by atoms with E-state index in [0.29, 0.717) is 115 Å². The summed E-state index contributed by atoms with van der Waals surface area (Å²) in [5.74, 6) is -1.06. The summed E-state index contributed by atoms with van der Waals surface area (Å²) in [4.78, 5) is 83.9. The highest BCUT2D eigenvalue weighted by Gasteiger charge is 2.48. The zero-order chi connectivity index (χ0) is 51.4. The van der Waals surface area contributed by atoms with Crippen molar-refractivity contribution in [3.63, 3.8) is 0 Å². The third kappa shape index (κ3) is 10.9. The van der Waals surface area contributed by atoms with E-state index in [1.165, 1.54) is 12.3 Å². The second kappa shape index (κ2) is 21.5. The number of fused-ring (bicyclic) bond motifs is 2. The van der Waals surface area contributed by atoms with Crippen molar-refractivity contribution in [1.82, 2.24) is 58.8 Å². The van der Waals surface area contributed by atoms with Gasteiger partial charge in [-0.3, -0.25) is 53.4 Å². The highest BCUT2D eigenvalue weighted by Crippen LogP contribution is 2.33. The Bertz CT molecular complexity index is 3050. The summed E-state index contributed by atoms with van der Waals surface area (Å²) in [6.07, 6.45) is 6.42. The number of anilines is 2. The molecule has 0 bridgehead atoms. The molecule has 2 aliphatic heterocycles. The number of amides is 5. The molecule has 7 heterocycles. The Morgan fingerprint density at radius 2 is 1.42 bits per heavy atom. The molecule has 1 aromatic carbocycles. The summed E-state index contributed by atoms with van der Waals surface area (Å²) in [7, 11) is 1.83. The Hall–Kier alpha value is -7.50. The van der Waals surface area contributed by atoms with Gasteiger partial charge in [-0.1, -0.05) is 26.0 Å². The molecule has 5 aromatic heterocycles. The molecule has 382 valence electrons. The number of aromatic nitrogens is 9. The van der Waals surface area contributed by atoms with Crippen LogP contribution in [-0.2, 0) is 35.7 Å². The second-order valence-corrected chi connectivity index (χ2v) is 18.8. The molecule has 0 unspecified atom stereocenters. The summed E-state index contributed by atoms with van der Waals surface area (Å²) in [5, 5.41) is 17.9. The third-order valence-corrected chi connectivity index (χ3v) is 12.8. The minimum Gasteiger partial charge on any atom is -0.491 e. The molecule has 8 rings (SSSR count). The van der Waals surface area contributed by atoms with Crippen LogP contribution in [0, 0.1) is 19.8 Å². The highest BCUT2D eigenvalue weighted by atomic mass is 16.5. The van der Waals surface area contributed by atoms with Crippen LogP contribution in [0.15, 0.2) is 48.7 Å². The number of rotatable bonds is 21. The minimum atomic E-state index is -0.679. The van der Waals surface area contributed by atoms with Gasteiger partial charge < -0.3 is 35.7 Å². The molecule has 23 nitrogen and oxygen atoms in total. The number of hydrogen-bond acceptors (Lipinski definition) is 14. The Labute approximate surface area is 416 Å². The van der Waals surface area contributed by atoms with E-state index >= 15 is 0 Å². The van der Waals surface area contributed by atoms with Crippen LogP contribution in [0.3, 0.4) is 0 Å². The van der Waals surface area contributed by atoms with Crippen LogP contribution < -0.4 is 32.2 Å². The largest absolute Gasteiger partial charge is 0.491 e. The van der Waals surface area contributed by atoms with E-state index in [-0.39, 0.29) is 54.7 Å². The monoisotopic (exact) mass is 989 g/mol. The first-order chi connectivity index (χ1) is 34.5. The number of benzene rings is 1. The minimum absolute atomic E-state index is 0.109. The lowest BCUT2D eigenvalue weighted by Gasteiger charge is -2.54. The molecule has 0 aliphatic carbocycles. The number of pyridine rings is 1. The van der Waals surface area contributed by atoms with Gasteiger partial charge in [0.15, 0.2) is 5.65 Å². The number of allylic oxidation sites excluding steroid dienone is 2. The number of morpholine rings is 1. The Balaban J connectivity index is 1.04. The lowest BCUT2D eigenvalue weighted by Crippen LogP contribution is -2.71. The molecule has 2 saturated heterocycles. The normalized spacial score (nSPS) is 15.2. The Morgan fingerprint density at radius 1 is 0.819 bits per heavy atom. The van der Waals surface area contributed by atoms with Crippen LogP contribution in [0.1, 0.15) is 93.6 Å². The van der Waals surface area contributed by atoms with Gasteiger partial charge in [0, 0.05) is 64.1 Å². The lowest BCUT2D eigenvalue weighted by atomic mass is 9.91. The van der Waals surface area contributed by atoms with Crippen molar-refractivity contribution in [3.8, 4) is 5.75 Å². The quantitative estimate of drug-likeness (QED) is 0.0512. The topological polar surface area (TPSA) is 283 Å². The molecule has 2 aliphatic rings. The molecule has 72 heavy (non-hydrogen) atoms. The van der Waals surface area contributed by atoms with Gasteiger partial charge >= 0.3 is 0 Å². The van der Waals surface area contributed by atoms with Gasteiger partial charge in [0.05, 0.1) is 48.3 Å². The number of nitrogens with zero attached hydrogens (tertiary/aromatic N) is 11. The van der Waals surface area contributed by atoms with Crippen molar-refractivity contribution >= 4 is 63.6 Å². The summed E-state index contributed by atoms with van der Waals surface area (Å²) in [5.41, 5.74) is 14.9. The van der Waals surface area contributed by atoms with Crippen LogP contribution >= 0.6 is 0 Å². The number of imidazole rings is 2. The molecule has 1 spiro atoms. The molecule has 7 N–H and O–H groups in total. The van der Waals surface area contributed by atoms with Gasteiger partial charge in [0.1, 0.15) is 33.8 Å². The van der Waals surface area contributed by atoms with Crippen LogP contribution in [0.5, 0.6) is 5.75 Å². The summed E-state index contributed by atoms with van der Waals surface area (Å²) >= 11 is 0. The maximum atomic E-state index is 13.9. The molecule has 5 amide bonds. The van der Waals surface area contributed by atoms with Crippen molar-refractivity contribution in [2.24, 2.45) is 17.4 Å². The second-order valence-electron chi connectivity index (χ2n) is 18.8. The SMILES string of the molecule is CCn1nc(C)cc1C(=O)Nc1nc2cc(C(N)=O)cnc2n1C/C=C/Cn1c(NC(=O)c2cc(C)nn2CC)nc2cc(C(N)=O)cc(OCCCN3CC4(C3)CN(C(=O)[C@H](CC(C)C)NC)CCO4)c21. The predicted octanol–water partition coefficient (Wildman–Crippen LogP) is 3.11. The molecule has 0 radical (unpaired) electrons. The van der Waals surface area contributed by atoms with E-state index < -0.39 is 29.2 Å². The number of hydrogen-bond donors (Lipinski definition) is 5. The van der Waals surface area contributed by atoms with Crippen LogP contribution in [0.25, 0.3) is 22.2 Å². The van der Waals surface area contributed by atoms with Gasteiger partial charge in [-0.05, 0) is 83.8 Å². The number of nitrogens with one attached hydrogen (secondary N) is 3. The highest BCUT2D eigenvalue weighted by molar-refractivity contribution is 6.05. The summed E-state index contributed by atoms with van der Waals surface area (Å²) in [6, 6.07) is 7.80. The van der Waals surface area contributed by atoms with Crippen molar-refractivity contribution < 1.29 is 33.4 Å². The van der Waals surface area contributed by atoms with E-state index in [0.717, 1.165) is 6.42 Å². The molecular weight excluding hydrogens is 925 g/mol. The van der Waals surface area contributed by atoms with Crippen LogP contribution in [0.2, 0.25) is 0 Å². The molecule has 23 heteroatoms. The molecule has 2 fully saturated rings. The van der Waals surface area contributed by atoms with E-state index in [2.05, 4.69) is 54.9 Å². The first-order valence-corrected chi connectivity index (χ1v) is 24.3. The molecule has 0 saturated carbocycles. The van der Waals surface area contributed by atoms with Crippen molar-refractivity contribution in [3.05, 3.63) is 82.6 Å². The molecule has 1 atom stereocenters. The van der Waals surface area contributed by atoms with Crippen molar-refractivity contribution in [1.29, 1.82) is 0 Å². The molecule has 6 aromatic rings. The van der Waals surface area contributed by atoms with Crippen molar-refractivity contribution in [2.45, 2.75) is 92.2 Å². The van der Waals surface area contributed by atoms with Gasteiger partial charge in [0.25, 0.3) is 11.8 Å². The predicted molar refractivity (Wildman–Crippen MR) is 269 cm³/mol. The number of ether oxygens (including phenoxy) is 2. The fraction of sp³-hybridized carbons (Fsp3) is 0.469. The summed E-state index contributed by atoms with van der Waals surface area (Å²) < 4.78 is 19.4. The summed E-state index contributed by atoms with van der Waals surface area (Å²) in [6.45, 7) is 16.8. The van der Waals surface area contributed by atoms with Gasteiger partial charge in [0.2, 0.25) is 29.6 Å². The van der Waals surface area contributed by atoms with Gasteiger partial charge in [-0.2, -0.15) is 10.2 Å². The number of nitrogens with two attached hydrogens (primary N) is 2. The fourth-order valence-corrected chi connectivity index (χ4v) is 9.45. The lowest BCUT2D eigenvalue weighted by molar-refractivity contribution is -0.190. The maximum Gasteiger partial charge on any atom is 0.276 e. The fourth-order valence-electron chi connectivity index (χ4n) is 9.45.